The molecule has 1 unspecified atom stereocenters. The van der Waals surface area contributed by atoms with Crippen LogP contribution in [0.15, 0.2) is 66.7 Å². The number of nitrogens with zero attached hydrogens (tertiary/aromatic N) is 4. The Labute approximate surface area is 274 Å². The third kappa shape index (κ3) is 8.35. The van der Waals surface area contributed by atoms with Crippen LogP contribution in [0.3, 0.4) is 0 Å². The first-order chi connectivity index (χ1) is 21.7. The molecule has 0 aliphatic carbocycles. The lowest BCUT2D eigenvalue weighted by atomic mass is 9.98. The van der Waals surface area contributed by atoms with E-state index in [-0.39, 0.29) is 30.9 Å². The summed E-state index contributed by atoms with van der Waals surface area (Å²) in [4.78, 5) is 46.3. The minimum Gasteiger partial charge on any atom is -0.379 e. The SMILES string of the molecule is CN(C(=O)CN(CC(N)=O)c1ccc(Cl)c(Cl)c1)C(CN1CCOCC1)c1ccc(-c2cccc(C(=O)N3CCCC3)c2)cc1. The predicted octanol–water partition coefficient (Wildman–Crippen LogP) is 4.72. The van der Waals surface area contributed by atoms with Crippen LogP contribution in [0.1, 0.15) is 34.8 Å². The Balaban J connectivity index is 1.37. The van der Waals surface area contributed by atoms with Gasteiger partial charge in [0, 0.05) is 51.0 Å². The molecule has 2 heterocycles. The number of amides is 3. The van der Waals surface area contributed by atoms with Gasteiger partial charge >= 0.3 is 0 Å². The van der Waals surface area contributed by atoms with Crippen LogP contribution in [0.4, 0.5) is 5.69 Å². The van der Waals surface area contributed by atoms with Crippen molar-refractivity contribution in [2.45, 2.75) is 18.9 Å². The molecular weight excluding hydrogens is 613 g/mol. The Bertz CT molecular complexity index is 1510. The average Bonchev–Trinajstić information content (AvgIpc) is 3.60. The molecule has 0 spiro atoms. The molecule has 0 aromatic heterocycles. The largest absolute Gasteiger partial charge is 0.379 e. The van der Waals surface area contributed by atoms with E-state index in [0.717, 1.165) is 55.7 Å². The lowest BCUT2D eigenvalue weighted by molar-refractivity contribution is -0.131. The summed E-state index contributed by atoms with van der Waals surface area (Å²) < 4.78 is 5.56. The highest BCUT2D eigenvalue weighted by Gasteiger charge is 2.27. The molecule has 5 rings (SSSR count). The molecule has 1 atom stereocenters. The van der Waals surface area contributed by atoms with Crippen molar-refractivity contribution >= 4 is 46.6 Å². The lowest BCUT2D eigenvalue weighted by Crippen LogP contribution is -2.47. The van der Waals surface area contributed by atoms with Gasteiger partial charge in [0.1, 0.15) is 0 Å². The molecule has 2 fully saturated rings. The van der Waals surface area contributed by atoms with Crippen LogP contribution in [-0.4, -0.2) is 98.5 Å². The quantitative estimate of drug-likeness (QED) is 0.322. The first-order valence-electron chi connectivity index (χ1n) is 15.2. The third-order valence-electron chi connectivity index (χ3n) is 8.47. The molecule has 11 heteroatoms. The zero-order valence-corrected chi connectivity index (χ0v) is 27.0. The van der Waals surface area contributed by atoms with E-state index in [1.807, 2.05) is 53.4 Å². The summed E-state index contributed by atoms with van der Waals surface area (Å²) in [6.07, 6.45) is 2.10. The number of carbonyl (C=O) groups excluding carboxylic acids is 3. The summed E-state index contributed by atoms with van der Waals surface area (Å²) in [5, 5.41) is 0.697. The van der Waals surface area contributed by atoms with Crippen LogP contribution >= 0.6 is 23.2 Å². The van der Waals surface area contributed by atoms with Crippen molar-refractivity contribution in [3.05, 3.63) is 87.9 Å². The fourth-order valence-corrected chi connectivity index (χ4v) is 6.16. The number of anilines is 1. The van der Waals surface area contributed by atoms with Gasteiger partial charge in [-0.3, -0.25) is 19.3 Å². The van der Waals surface area contributed by atoms with Crippen molar-refractivity contribution in [1.29, 1.82) is 0 Å². The lowest BCUT2D eigenvalue weighted by Gasteiger charge is -2.36. The summed E-state index contributed by atoms with van der Waals surface area (Å²) in [5.41, 5.74) is 9.73. The first-order valence-corrected chi connectivity index (χ1v) is 16.0. The number of benzene rings is 3. The number of likely N-dealkylation sites (N-methyl/N-ethyl adjacent to an activating group) is 1. The molecule has 3 aromatic rings. The standard InChI is InChI=1S/C34H39Cl2N5O4/c1-38(33(43)23-41(22-32(37)42)28-11-12-29(35)30(36)20-28)31(21-39-15-17-45-18-16-39)25-9-7-24(8-10-25)26-5-4-6-27(19-26)34(44)40-13-2-3-14-40/h4-12,19-20,31H,2-3,13-18,21-23H2,1H3,(H2,37,42). The molecule has 3 amide bonds. The van der Waals surface area contributed by atoms with Gasteiger partial charge in [0.2, 0.25) is 11.8 Å². The molecule has 0 radical (unpaired) electrons. The number of carbonyl (C=O) groups is 3. The Kier molecular flexibility index (Phi) is 11.0. The van der Waals surface area contributed by atoms with E-state index in [2.05, 4.69) is 4.90 Å². The summed E-state index contributed by atoms with van der Waals surface area (Å²) >= 11 is 12.3. The molecule has 45 heavy (non-hydrogen) atoms. The zero-order chi connectivity index (χ0) is 31.9. The average molecular weight is 653 g/mol. The summed E-state index contributed by atoms with van der Waals surface area (Å²) in [5.74, 6) is -0.677. The van der Waals surface area contributed by atoms with Gasteiger partial charge in [-0.25, -0.2) is 0 Å². The maximum Gasteiger partial charge on any atom is 0.253 e. The topological polar surface area (TPSA) is 99.4 Å². The van der Waals surface area contributed by atoms with E-state index in [4.69, 9.17) is 33.7 Å². The fraction of sp³-hybridized carbons (Fsp3) is 0.382. The summed E-state index contributed by atoms with van der Waals surface area (Å²) in [6, 6.07) is 20.6. The van der Waals surface area contributed by atoms with Crippen molar-refractivity contribution < 1.29 is 19.1 Å². The first kappa shape index (κ1) is 32.8. The number of nitrogens with two attached hydrogens (primary N) is 1. The number of primary amides is 1. The summed E-state index contributed by atoms with van der Waals surface area (Å²) in [6.45, 7) is 4.82. The van der Waals surface area contributed by atoms with Crippen LogP contribution in [0, 0.1) is 0 Å². The normalized spacial score (nSPS) is 15.9. The van der Waals surface area contributed by atoms with Crippen molar-refractivity contribution in [1.82, 2.24) is 14.7 Å². The smallest absolute Gasteiger partial charge is 0.253 e. The van der Waals surface area contributed by atoms with Crippen molar-refractivity contribution in [2.24, 2.45) is 5.73 Å². The number of halogens is 2. The van der Waals surface area contributed by atoms with Gasteiger partial charge in [-0.2, -0.15) is 0 Å². The highest BCUT2D eigenvalue weighted by atomic mass is 35.5. The Morgan fingerprint density at radius 3 is 2.24 bits per heavy atom. The predicted molar refractivity (Wildman–Crippen MR) is 178 cm³/mol. The highest BCUT2D eigenvalue weighted by molar-refractivity contribution is 6.42. The Morgan fingerprint density at radius 2 is 1.58 bits per heavy atom. The second kappa shape index (κ2) is 15.1. The molecule has 2 N–H and O–H groups in total. The van der Waals surface area contributed by atoms with Crippen molar-refractivity contribution in [2.75, 3.05) is 71.0 Å². The fourth-order valence-electron chi connectivity index (χ4n) is 5.87. The molecule has 9 nitrogen and oxygen atoms in total. The van der Waals surface area contributed by atoms with Gasteiger partial charge in [0.25, 0.3) is 5.91 Å². The summed E-state index contributed by atoms with van der Waals surface area (Å²) in [7, 11) is 1.78. The Morgan fingerprint density at radius 1 is 0.867 bits per heavy atom. The van der Waals surface area contributed by atoms with E-state index < -0.39 is 5.91 Å². The van der Waals surface area contributed by atoms with Gasteiger partial charge in [-0.15, -0.1) is 0 Å². The zero-order valence-electron chi connectivity index (χ0n) is 25.5. The van der Waals surface area contributed by atoms with Crippen LogP contribution in [0.5, 0.6) is 0 Å². The molecule has 2 saturated heterocycles. The highest BCUT2D eigenvalue weighted by Crippen LogP contribution is 2.29. The van der Waals surface area contributed by atoms with Crippen LogP contribution in [0.25, 0.3) is 11.1 Å². The van der Waals surface area contributed by atoms with Crippen LogP contribution in [-0.2, 0) is 14.3 Å². The second-order valence-electron chi connectivity index (χ2n) is 11.6. The van der Waals surface area contributed by atoms with Gasteiger partial charge in [-0.05, 0) is 59.9 Å². The monoisotopic (exact) mass is 651 g/mol. The number of rotatable bonds is 11. The second-order valence-corrected chi connectivity index (χ2v) is 12.4. The molecule has 0 bridgehead atoms. The van der Waals surface area contributed by atoms with Gasteiger partial charge in [0.15, 0.2) is 0 Å². The molecule has 238 valence electrons. The van der Waals surface area contributed by atoms with E-state index >= 15 is 0 Å². The van der Waals surface area contributed by atoms with Crippen molar-refractivity contribution in [3.63, 3.8) is 0 Å². The molecule has 0 saturated carbocycles. The van der Waals surface area contributed by atoms with Gasteiger partial charge < -0.3 is 25.2 Å². The molecule has 2 aliphatic heterocycles. The van der Waals surface area contributed by atoms with Gasteiger partial charge in [-0.1, -0.05) is 59.6 Å². The number of likely N-dealkylation sites (tertiary alicyclic amines) is 1. The molecule has 3 aromatic carbocycles. The van der Waals surface area contributed by atoms with Gasteiger partial charge in [0.05, 0.1) is 42.4 Å². The maximum absolute atomic E-state index is 13.8. The number of ether oxygens (including phenoxy) is 1. The van der Waals surface area contributed by atoms with Crippen molar-refractivity contribution in [3.8, 4) is 11.1 Å². The molecular formula is C34H39Cl2N5O4. The number of morpholine rings is 1. The number of hydrogen-bond donors (Lipinski definition) is 1. The third-order valence-corrected chi connectivity index (χ3v) is 9.21. The minimum absolute atomic E-state index is 0.0722. The Hall–Kier alpha value is -3.63. The maximum atomic E-state index is 13.8. The van der Waals surface area contributed by atoms with E-state index in [0.29, 0.717) is 41.1 Å². The van der Waals surface area contributed by atoms with Crippen LogP contribution < -0.4 is 10.6 Å². The number of hydrogen-bond acceptors (Lipinski definition) is 6. The van der Waals surface area contributed by atoms with Crippen LogP contribution in [0.2, 0.25) is 10.0 Å². The van der Waals surface area contributed by atoms with E-state index in [1.54, 1.807) is 35.0 Å². The molecule has 2 aliphatic rings. The van der Waals surface area contributed by atoms with E-state index in [9.17, 15) is 14.4 Å². The minimum atomic E-state index is -0.566. The van der Waals surface area contributed by atoms with E-state index in [1.165, 1.54) is 0 Å².